The van der Waals surface area contributed by atoms with Crippen LogP contribution in [0.1, 0.15) is 55.5 Å². The van der Waals surface area contributed by atoms with E-state index in [1.165, 1.54) is 83.5 Å². The number of hydrogen-bond donors (Lipinski definition) is 1. The monoisotopic (exact) mass is 796 g/mol. The Morgan fingerprint density at radius 3 is 1.76 bits per heavy atom. The summed E-state index contributed by atoms with van der Waals surface area (Å²) in [7, 11) is 0. The fourth-order valence-electron chi connectivity index (χ4n) is 10.3. The largest absolute Gasteiger partial charge is 0.361 e. The molecule has 0 amide bonds. The van der Waals surface area contributed by atoms with Gasteiger partial charge in [0.2, 0.25) is 0 Å². The summed E-state index contributed by atoms with van der Waals surface area (Å²) < 4.78 is 0. The molecule has 0 spiro atoms. The normalized spacial score (nSPS) is 16.0. The summed E-state index contributed by atoms with van der Waals surface area (Å²) >= 11 is 0. The fourth-order valence-corrected chi connectivity index (χ4v) is 10.3. The fraction of sp³-hybridized carbons (Fsp3) is 0.100. The number of hydrogen-bond acceptors (Lipinski definition) is 2. The third-order valence-corrected chi connectivity index (χ3v) is 13.5. The van der Waals surface area contributed by atoms with Gasteiger partial charge in [-0.3, -0.25) is 0 Å². The number of para-hydroxylation sites is 1. The molecule has 2 nitrogen and oxygen atoms in total. The molecule has 2 aliphatic carbocycles. The van der Waals surface area contributed by atoms with Crippen molar-refractivity contribution >= 4 is 34.4 Å². The van der Waals surface area contributed by atoms with E-state index in [9.17, 15) is 0 Å². The summed E-state index contributed by atoms with van der Waals surface area (Å²) in [6, 6.07) is 69.0. The number of benzene rings is 8. The van der Waals surface area contributed by atoms with E-state index < -0.39 is 0 Å². The molecule has 2 heteroatoms. The van der Waals surface area contributed by atoms with Crippen molar-refractivity contribution in [2.24, 2.45) is 0 Å². The van der Waals surface area contributed by atoms with Gasteiger partial charge in [-0.05, 0) is 139 Å². The lowest BCUT2D eigenvalue weighted by atomic mass is 9.80. The zero-order valence-corrected chi connectivity index (χ0v) is 35.7. The summed E-state index contributed by atoms with van der Waals surface area (Å²) in [5.74, 6) is 0. The predicted octanol–water partition coefficient (Wildman–Crippen LogP) is 16.2. The van der Waals surface area contributed by atoms with Crippen LogP contribution in [0.5, 0.6) is 0 Å². The Labute approximate surface area is 365 Å². The van der Waals surface area contributed by atoms with Crippen LogP contribution in [0, 0.1) is 0 Å². The average molecular weight is 797 g/mol. The molecule has 11 rings (SSSR count). The van der Waals surface area contributed by atoms with Crippen LogP contribution in [-0.4, -0.2) is 0 Å². The molecule has 298 valence electrons. The third kappa shape index (κ3) is 6.17. The standard InChI is InChI=1S/C60H48N2/c1-59(2)54-23-12-10-21-49(54)51-35-36-61-58-34-28-44(38-53(58)48-20-9-8-15-41(48)27-32-56(51)59)43-17-14-16-42(37-43)40-25-29-46(30-26-40)62(45-18-6-5-7-19-45)47-31-33-57-52(39-47)50-22-11-13-24-55(50)60(57,3)4/h5-39,61H,1-4H3/b32-27-,36-35+. The number of fused-ring (bicyclic) bond motifs is 8. The summed E-state index contributed by atoms with van der Waals surface area (Å²) in [5, 5.41) is 3.70. The van der Waals surface area contributed by atoms with Crippen LogP contribution in [0.2, 0.25) is 0 Å². The van der Waals surface area contributed by atoms with Crippen LogP contribution in [0.4, 0.5) is 22.7 Å². The quantitative estimate of drug-likeness (QED) is 0.187. The highest BCUT2D eigenvalue weighted by molar-refractivity contribution is 5.93. The Bertz CT molecular complexity index is 3140. The number of nitrogens with one attached hydrogen (secondary N) is 1. The van der Waals surface area contributed by atoms with Crippen LogP contribution < -0.4 is 10.2 Å². The molecule has 0 saturated heterocycles. The maximum absolute atomic E-state index is 3.70. The predicted molar refractivity (Wildman–Crippen MR) is 263 cm³/mol. The molecule has 0 atom stereocenters. The molecule has 8 aromatic carbocycles. The van der Waals surface area contributed by atoms with E-state index in [0.29, 0.717) is 0 Å². The van der Waals surface area contributed by atoms with Crippen molar-refractivity contribution in [2.45, 2.75) is 38.5 Å². The minimum Gasteiger partial charge on any atom is -0.361 e. The molecule has 0 saturated carbocycles. The Balaban J connectivity index is 0.933. The van der Waals surface area contributed by atoms with Gasteiger partial charge in [0.05, 0.1) is 0 Å². The van der Waals surface area contributed by atoms with Gasteiger partial charge in [-0.25, -0.2) is 0 Å². The van der Waals surface area contributed by atoms with Crippen LogP contribution in [0.15, 0.2) is 212 Å². The molecule has 1 heterocycles. The second-order valence-electron chi connectivity index (χ2n) is 17.9. The SMILES string of the molecule is CC1(C)C2=C(/C=C/Nc3ccc(-c4cccc(-c5ccc(N(c6ccccc6)c6ccc7c(c6)-c6ccccc6C7(C)C)cc5)c4)cc3-c3ccccc3/C=C\2)c2ccccc21. The second-order valence-corrected chi connectivity index (χ2v) is 17.9. The van der Waals surface area contributed by atoms with Gasteiger partial charge in [-0.2, -0.15) is 0 Å². The smallest absolute Gasteiger partial charge is 0.0468 e. The topological polar surface area (TPSA) is 15.3 Å². The zero-order valence-electron chi connectivity index (χ0n) is 35.7. The minimum atomic E-state index is -0.102. The third-order valence-electron chi connectivity index (χ3n) is 13.5. The van der Waals surface area contributed by atoms with Crippen molar-refractivity contribution in [2.75, 3.05) is 10.2 Å². The number of rotatable bonds is 5. The summed E-state index contributed by atoms with van der Waals surface area (Å²) in [6.07, 6.45) is 9.01. The van der Waals surface area contributed by atoms with Crippen molar-refractivity contribution in [3.05, 3.63) is 240 Å². The van der Waals surface area contributed by atoms with E-state index >= 15 is 0 Å². The highest BCUT2D eigenvalue weighted by Gasteiger charge is 2.36. The molecule has 8 aromatic rings. The molecule has 0 bridgehead atoms. The molecule has 0 fully saturated rings. The molecule has 0 radical (unpaired) electrons. The van der Waals surface area contributed by atoms with Crippen molar-refractivity contribution in [3.63, 3.8) is 0 Å². The average Bonchev–Trinajstić information content (AvgIpc) is 3.66. The maximum Gasteiger partial charge on any atom is 0.0468 e. The van der Waals surface area contributed by atoms with Gasteiger partial charge in [0.1, 0.15) is 0 Å². The Hall–Kier alpha value is -7.42. The van der Waals surface area contributed by atoms with Gasteiger partial charge in [0, 0.05) is 45.3 Å². The van der Waals surface area contributed by atoms with Gasteiger partial charge in [0.25, 0.3) is 0 Å². The van der Waals surface area contributed by atoms with E-state index in [1.807, 2.05) is 0 Å². The van der Waals surface area contributed by atoms with Crippen LogP contribution in [0.25, 0.3) is 56.2 Å². The van der Waals surface area contributed by atoms with Gasteiger partial charge in [-0.1, -0.05) is 173 Å². The van der Waals surface area contributed by atoms with Gasteiger partial charge in [0.15, 0.2) is 0 Å². The van der Waals surface area contributed by atoms with E-state index in [2.05, 4.69) is 250 Å². The van der Waals surface area contributed by atoms with Crippen molar-refractivity contribution in [1.29, 1.82) is 0 Å². The first-order chi connectivity index (χ1) is 30.3. The Morgan fingerprint density at radius 2 is 0.968 bits per heavy atom. The first kappa shape index (κ1) is 37.6. The lowest BCUT2D eigenvalue weighted by Crippen LogP contribution is -2.15. The Kier molecular flexibility index (Phi) is 8.87. The highest BCUT2D eigenvalue weighted by Crippen LogP contribution is 2.51. The van der Waals surface area contributed by atoms with Crippen molar-refractivity contribution < 1.29 is 0 Å². The van der Waals surface area contributed by atoms with E-state index in [-0.39, 0.29) is 10.8 Å². The molecular weight excluding hydrogens is 749 g/mol. The highest BCUT2D eigenvalue weighted by atomic mass is 15.1. The summed E-state index contributed by atoms with van der Waals surface area (Å²) in [4.78, 5) is 2.37. The van der Waals surface area contributed by atoms with E-state index in [0.717, 1.165) is 22.7 Å². The molecule has 1 aliphatic heterocycles. The van der Waals surface area contributed by atoms with Crippen molar-refractivity contribution in [1.82, 2.24) is 0 Å². The first-order valence-electron chi connectivity index (χ1n) is 21.8. The number of nitrogens with zero attached hydrogens (tertiary/aromatic N) is 1. The van der Waals surface area contributed by atoms with Gasteiger partial charge < -0.3 is 10.2 Å². The molecule has 0 unspecified atom stereocenters. The zero-order chi connectivity index (χ0) is 42.0. The molecular formula is C60H48N2. The summed E-state index contributed by atoms with van der Waals surface area (Å²) in [6.45, 7) is 9.35. The first-order valence-corrected chi connectivity index (χ1v) is 21.8. The lowest BCUT2D eigenvalue weighted by molar-refractivity contribution is 0.655. The molecule has 62 heavy (non-hydrogen) atoms. The number of allylic oxidation sites excluding steroid dienone is 4. The molecule has 1 N–H and O–H groups in total. The Morgan fingerprint density at radius 1 is 0.371 bits per heavy atom. The van der Waals surface area contributed by atoms with E-state index in [1.54, 1.807) is 0 Å². The minimum absolute atomic E-state index is 0.0340. The van der Waals surface area contributed by atoms with E-state index in [4.69, 9.17) is 0 Å². The second kappa shape index (κ2) is 14.6. The van der Waals surface area contributed by atoms with Crippen molar-refractivity contribution in [3.8, 4) is 44.5 Å². The summed E-state index contributed by atoms with van der Waals surface area (Å²) in [5.41, 5.74) is 23.3. The van der Waals surface area contributed by atoms with Crippen LogP contribution >= 0.6 is 0 Å². The van der Waals surface area contributed by atoms with Gasteiger partial charge >= 0.3 is 0 Å². The van der Waals surface area contributed by atoms with Crippen LogP contribution in [0.3, 0.4) is 0 Å². The molecule has 3 aliphatic rings. The molecule has 0 aromatic heterocycles. The maximum atomic E-state index is 3.70. The lowest BCUT2D eigenvalue weighted by Gasteiger charge is -2.27. The number of anilines is 4. The van der Waals surface area contributed by atoms with Crippen LogP contribution in [-0.2, 0) is 10.8 Å². The van der Waals surface area contributed by atoms with Gasteiger partial charge in [-0.15, -0.1) is 0 Å².